The number of ether oxygens (including phenoxy) is 1. The maximum Gasteiger partial charge on any atom is 0.338 e. The van der Waals surface area contributed by atoms with Gasteiger partial charge in [0.05, 0.1) is 16.7 Å². The molecule has 32 heavy (non-hydrogen) atoms. The van der Waals surface area contributed by atoms with Crippen molar-refractivity contribution in [3.05, 3.63) is 70.3 Å². The van der Waals surface area contributed by atoms with Crippen LogP contribution in [0, 0.1) is 11.6 Å². The lowest BCUT2D eigenvalue weighted by Crippen LogP contribution is -2.40. The SMILES string of the molecule is C[C@H](OC(=O)c1ccc2c(c1)C(=O)N(C1CCCCC1)C2=O)C(=O)c1ccc(F)c(F)c1. The molecule has 1 fully saturated rings. The number of carbonyl (C=O) groups is 4. The van der Waals surface area contributed by atoms with Crippen molar-refractivity contribution in [1.29, 1.82) is 0 Å². The van der Waals surface area contributed by atoms with Crippen LogP contribution in [-0.2, 0) is 4.74 Å². The molecule has 1 aliphatic heterocycles. The summed E-state index contributed by atoms with van der Waals surface area (Å²) in [4.78, 5) is 51.9. The molecule has 0 N–H and O–H groups in total. The van der Waals surface area contributed by atoms with E-state index in [0.29, 0.717) is 0 Å². The second-order valence-electron chi connectivity index (χ2n) is 8.07. The number of halogens is 2. The lowest BCUT2D eigenvalue weighted by Gasteiger charge is -2.29. The van der Waals surface area contributed by atoms with Crippen molar-refractivity contribution in [3.8, 4) is 0 Å². The highest BCUT2D eigenvalue weighted by Gasteiger charge is 2.40. The van der Waals surface area contributed by atoms with E-state index in [0.717, 1.165) is 50.3 Å². The van der Waals surface area contributed by atoms with E-state index in [9.17, 15) is 28.0 Å². The molecule has 2 aliphatic rings. The number of Topliss-reactive ketones (excluding diaryl/α,β-unsaturated/α-hetero) is 1. The molecule has 0 spiro atoms. The number of hydrogen-bond donors (Lipinski definition) is 0. The molecule has 6 nitrogen and oxygen atoms in total. The number of esters is 1. The number of nitrogens with zero attached hydrogens (tertiary/aromatic N) is 1. The van der Waals surface area contributed by atoms with Crippen LogP contribution < -0.4 is 0 Å². The Morgan fingerprint density at radius 1 is 0.906 bits per heavy atom. The molecule has 1 heterocycles. The Balaban J connectivity index is 1.49. The first-order valence-corrected chi connectivity index (χ1v) is 10.5. The summed E-state index contributed by atoms with van der Waals surface area (Å²) < 4.78 is 31.6. The Kier molecular flexibility index (Phi) is 5.86. The molecule has 0 aromatic heterocycles. The van der Waals surface area contributed by atoms with Gasteiger partial charge in [-0.15, -0.1) is 0 Å². The number of imide groups is 1. The number of hydrogen-bond acceptors (Lipinski definition) is 5. The molecule has 0 bridgehead atoms. The number of ketones is 1. The first kappa shape index (κ1) is 21.8. The number of rotatable bonds is 5. The molecule has 0 saturated heterocycles. The van der Waals surface area contributed by atoms with Gasteiger partial charge in [-0.1, -0.05) is 19.3 Å². The smallest absolute Gasteiger partial charge is 0.338 e. The van der Waals surface area contributed by atoms with E-state index >= 15 is 0 Å². The number of carbonyl (C=O) groups excluding carboxylic acids is 4. The predicted octanol–water partition coefficient (Wildman–Crippen LogP) is 4.32. The zero-order valence-corrected chi connectivity index (χ0v) is 17.4. The third-order valence-electron chi connectivity index (χ3n) is 5.95. The van der Waals surface area contributed by atoms with Gasteiger partial charge in [0, 0.05) is 11.6 Å². The monoisotopic (exact) mass is 441 g/mol. The maximum atomic E-state index is 13.4. The van der Waals surface area contributed by atoms with Crippen LogP contribution in [0.4, 0.5) is 8.78 Å². The van der Waals surface area contributed by atoms with Crippen LogP contribution in [-0.4, -0.2) is 40.6 Å². The summed E-state index contributed by atoms with van der Waals surface area (Å²) in [6.07, 6.45) is 3.26. The average Bonchev–Trinajstić information content (AvgIpc) is 3.05. The summed E-state index contributed by atoms with van der Waals surface area (Å²) in [5.74, 6) is -4.64. The van der Waals surface area contributed by atoms with Gasteiger partial charge in [-0.3, -0.25) is 19.3 Å². The Hall–Kier alpha value is -3.42. The lowest BCUT2D eigenvalue weighted by molar-refractivity contribution is 0.0318. The first-order valence-electron chi connectivity index (χ1n) is 10.5. The minimum Gasteiger partial charge on any atom is -0.451 e. The van der Waals surface area contributed by atoms with Gasteiger partial charge in [-0.25, -0.2) is 13.6 Å². The van der Waals surface area contributed by atoms with E-state index in [-0.39, 0.29) is 34.2 Å². The quantitative estimate of drug-likeness (QED) is 0.392. The molecule has 166 valence electrons. The van der Waals surface area contributed by atoms with Crippen molar-refractivity contribution < 1.29 is 32.7 Å². The van der Waals surface area contributed by atoms with Crippen LogP contribution in [0.5, 0.6) is 0 Å². The summed E-state index contributed by atoms with van der Waals surface area (Å²) in [6.45, 7) is 1.31. The van der Waals surface area contributed by atoms with E-state index in [1.807, 2.05) is 0 Å². The summed E-state index contributed by atoms with van der Waals surface area (Å²) in [5.41, 5.74) is 0.250. The van der Waals surface area contributed by atoms with E-state index in [2.05, 4.69) is 0 Å². The van der Waals surface area contributed by atoms with Gasteiger partial charge < -0.3 is 4.74 Å². The maximum absolute atomic E-state index is 13.4. The number of amides is 2. The van der Waals surface area contributed by atoms with Gasteiger partial charge in [0.25, 0.3) is 11.8 Å². The lowest BCUT2D eigenvalue weighted by atomic mass is 9.94. The van der Waals surface area contributed by atoms with Crippen molar-refractivity contribution in [3.63, 3.8) is 0 Å². The van der Waals surface area contributed by atoms with Gasteiger partial charge in [0.15, 0.2) is 17.7 Å². The zero-order chi connectivity index (χ0) is 23.0. The van der Waals surface area contributed by atoms with Gasteiger partial charge >= 0.3 is 5.97 Å². The Morgan fingerprint density at radius 2 is 1.56 bits per heavy atom. The second kappa shape index (κ2) is 8.61. The van der Waals surface area contributed by atoms with Crippen molar-refractivity contribution in [2.24, 2.45) is 0 Å². The topological polar surface area (TPSA) is 80.8 Å². The van der Waals surface area contributed by atoms with E-state index in [1.165, 1.54) is 30.0 Å². The standard InChI is InChI=1S/C24H21F2NO5/c1-13(21(28)14-8-10-19(25)20(26)12-14)32-24(31)15-7-9-17-18(11-15)23(30)27(22(17)29)16-5-3-2-4-6-16/h7-13,16H,2-6H2,1H3/t13-/m0/s1. The molecular weight excluding hydrogens is 420 g/mol. The highest BCUT2D eigenvalue weighted by Crippen LogP contribution is 2.31. The minimum atomic E-state index is -1.27. The van der Waals surface area contributed by atoms with Crippen LogP contribution in [0.25, 0.3) is 0 Å². The minimum absolute atomic E-state index is 0.0142. The van der Waals surface area contributed by atoms with Crippen LogP contribution in [0.3, 0.4) is 0 Å². The van der Waals surface area contributed by atoms with E-state index in [4.69, 9.17) is 4.74 Å². The van der Waals surface area contributed by atoms with Crippen molar-refractivity contribution >= 4 is 23.6 Å². The van der Waals surface area contributed by atoms with Crippen LogP contribution in [0.2, 0.25) is 0 Å². The largest absolute Gasteiger partial charge is 0.451 e. The summed E-state index contributed by atoms with van der Waals surface area (Å²) in [5, 5.41) is 0. The van der Waals surface area contributed by atoms with Crippen LogP contribution in [0.15, 0.2) is 36.4 Å². The molecule has 2 aromatic rings. The highest BCUT2D eigenvalue weighted by atomic mass is 19.2. The Morgan fingerprint density at radius 3 is 2.25 bits per heavy atom. The van der Waals surface area contributed by atoms with E-state index in [1.54, 1.807) is 0 Å². The fourth-order valence-corrected chi connectivity index (χ4v) is 4.22. The molecule has 4 rings (SSSR count). The van der Waals surface area contributed by atoms with Crippen molar-refractivity contribution in [2.45, 2.75) is 51.2 Å². The highest BCUT2D eigenvalue weighted by molar-refractivity contribution is 6.22. The molecule has 1 atom stereocenters. The molecule has 2 aromatic carbocycles. The van der Waals surface area contributed by atoms with Crippen molar-refractivity contribution in [1.82, 2.24) is 4.90 Å². The van der Waals surface area contributed by atoms with Gasteiger partial charge in [0.1, 0.15) is 0 Å². The fraction of sp³-hybridized carbons (Fsp3) is 0.333. The second-order valence-corrected chi connectivity index (χ2v) is 8.07. The summed E-state index contributed by atoms with van der Waals surface area (Å²) in [7, 11) is 0. The Labute approximate surface area is 183 Å². The molecule has 0 unspecified atom stereocenters. The third-order valence-corrected chi connectivity index (χ3v) is 5.95. The zero-order valence-electron chi connectivity index (χ0n) is 17.4. The van der Waals surface area contributed by atoms with Crippen molar-refractivity contribution in [2.75, 3.05) is 0 Å². The van der Waals surface area contributed by atoms with Crippen LogP contribution >= 0.6 is 0 Å². The van der Waals surface area contributed by atoms with Gasteiger partial charge in [-0.05, 0) is 56.2 Å². The molecule has 1 saturated carbocycles. The van der Waals surface area contributed by atoms with E-state index < -0.39 is 35.4 Å². The predicted molar refractivity (Wildman–Crippen MR) is 109 cm³/mol. The third kappa shape index (κ3) is 3.92. The number of benzene rings is 2. The fourth-order valence-electron chi connectivity index (χ4n) is 4.22. The molecule has 1 aliphatic carbocycles. The van der Waals surface area contributed by atoms with Gasteiger partial charge in [-0.2, -0.15) is 0 Å². The summed E-state index contributed by atoms with van der Waals surface area (Å²) >= 11 is 0. The van der Waals surface area contributed by atoms with Crippen LogP contribution in [0.1, 0.15) is 80.5 Å². The molecule has 8 heteroatoms. The average molecular weight is 441 g/mol. The number of fused-ring (bicyclic) bond motifs is 1. The normalized spacial score (nSPS) is 17.3. The summed E-state index contributed by atoms with van der Waals surface area (Å²) in [6, 6.07) is 6.60. The van der Waals surface area contributed by atoms with Gasteiger partial charge in [0.2, 0.25) is 5.78 Å². The first-order chi connectivity index (χ1) is 15.3. The molecule has 2 amide bonds. The molecular formula is C24H21F2NO5. The molecule has 0 radical (unpaired) electrons. The Bertz CT molecular complexity index is 1120.